The van der Waals surface area contributed by atoms with Crippen molar-refractivity contribution < 1.29 is 9.53 Å². The third-order valence-corrected chi connectivity index (χ3v) is 1.12. The van der Waals surface area contributed by atoms with Gasteiger partial charge in [0.2, 0.25) is 6.41 Å². The largest absolute Gasteiger partial charge is 0.361 e. The quantitative estimate of drug-likeness (QED) is 0.315. The highest BCUT2D eigenvalue weighted by Crippen LogP contribution is 1.87. The van der Waals surface area contributed by atoms with Crippen molar-refractivity contribution in [1.29, 1.82) is 0 Å². The van der Waals surface area contributed by atoms with Gasteiger partial charge >= 0.3 is 0 Å². The van der Waals surface area contributed by atoms with E-state index in [1.807, 2.05) is 0 Å². The molecular formula is C7H15NO2. The van der Waals surface area contributed by atoms with E-state index in [9.17, 15) is 4.79 Å². The van der Waals surface area contributed by atoms with Crippen LogP contribution in [0.1, 0.15) is 19.8 Å². The number of rotatable bonds is 6. The molecule has 0 rings (SSSR count). The average Bonchev–Trinajstić information content (AvgIpc) is 1.98. The summed E-state index contributed by atoms with van der Waals surface area (Å²) in [6, 6.07) is 0. The number of hydrogen-bond donors (Lipinski definition) is 0. The molecule has 0 aromatic heterocycles. The zero-order chi connectivity index (χ0) is 7.82. The Morgan fingerprint density at radius 1 is 1.60 bits per heavy atom. The second-order valence-electron chi connectivity index (χ2n) is 2.25. The normalized spacial score (nSPS) is 9.40. The lowest BCUT2D eigenvalue weighted by Crippen LogP contribution is -2.19. The molecule has 0 saturated carbocycles. The molecule has 0 unspecified atom stereocenters. The fraction of sp³-hybridized carbons (Fsp3) is 0.857. The summed E-state index contributed by atoms with van der Waals surface area (Å²) in [5.41, 5.74) is 0. The van der Waals surface area contributed by atoms with Crippen molar-refractivity contribution in [3.8, 4) is 0 Å². The Kier molecular flexibility index (Phi) is 6.18. The van der Waals surface area contributed by atoms with Crippen LogP contribution in [0.2, 0.25) is 0 Å². The first-order valence-electron chi connectivity index (χ1n) is 3.54. The Bertz CT molecular complexity index is 85.7. The summed E-state index contributed by atoms with van der Waals surface area (Å²) in [4.78, 5) is 11.5. The Hall–Kier alpha value is -0.570. The standard InChI is InChI=1S/C7H15NO2/c1-3-4-5-10-7-8(2)6-9/h6H,3-5,7H2,1-2H3. The molecule has 0 N–H and O–H groups in total. The summed E-state index contributed by atoms with van der Waals surface area (Å²) in [7, 11) is 1.69. The number of nitrogens with zero attached hydrogens (tertiary/aromatic N) is 1. The van der Waals surface area contributed by atoms with Gasteiger partial charge in [0.15, 0.2) is 0 Å². The summed E-state index contributed by atoms with van der Waals surface area (Å²) < 4.78 is 5.12. The first kappa shape index (κ1) is 9.43. The van der Waals surface area contributed by atoms with E-state index in [2.05, 4.69) is 6.92 Å². The molecule has 0 aliphatic rings. The van der Waals surface area contributed by atoms with Crippen LogP contribution < -0.4 is 0 Å². The molecular weight excluding hydrogens is 130 g/mol. The predicted octanol–water partition coefficient (Wildman–Crippen LogP) is 0.849. The van der Waals surface area contributed by atoms with E-state index in [4.69, 9.17) is 4.74 Å². The van der Waals surface area contributed by atoms with Gasteiger partial charge < -0.3 is 9.64 Å². The smallest absolute Gasteiger partial charge is 0.211 e. The van der Waals surface area contributed by atoms with Crippen molar-refractivity contribution >= 4 is 6.41 Å². The molecule has 3 nitrogen and oxygen atoms in total. The molecule has 60 valence electrons. The number of amides is 1. The van der Waals surface area contributed by atoms with Crippen molar-refractivity contribution in [2.75, 3.05) is 20.4 Å². The Morgan fingerprint density at radius 3 is 2.80 bits per heavy atom. The van der Waals surface area contributed by atoms with E-state index >= 15 is 0 Å². The van der Waals surface area contributed by atoms with Crippen LogP contribution >= 0.6 is 0 Å². The zero-order valence-corrected chi connectivity index (χ0v) is 6.67. The van der Waals surface area contributed by atoms with Gasteiger partial charge in [-0.15, -0.1) is 0 Å². The van der Waals surface area contributed by atoms with E-state index in [1.165, 1.54) is 4.90 Å². The fourth-order valence-electron chi connectivity index (χ4n) is 0.485. The Labute approximate surface area is 62.0 Å². The van der Waals surface area contributed by atoms with Crippen molar-refractivity contribution in [1.82, 2.24) is 4.90 Å². The van der Waals surface area contributed by atoms with Gasteiger partial charge in [-0.2, -0.15) is 0 Å². The van der Waals surface area contributed by atoms with Gasteiger partial charge in [0, 0.05) is 13.7 Å². The second-order valence-corrected chi connectivity index (χ2v) is 2.25. The zero-order valence-electron chi connectivity index (χ0n) is 6.67. The summed E-state index contributed by atoms with van der Waals surface area (Å²) in [5, 5.41) is 0. The van der Waals surface area contributed by atoms with E-state index in [0.717, 1.165) is 25.9 Å². The first-order chi connectivity index (χ1) is 4.81. The molecule has 0 radical (unpaired) electrons. The van der Waals surface area contributed by atoms with Gasteiger partial charge in [-0.25, -0.2) is 0 Å². The lowest BCUT2D eigenvalue weighted by Gasteiger charge is -2.09. The van der Waals surface area contributed by atoms with Crippen LogP contribution in [0.15, 0.2) is 0 Å². The van der Waals surface area contributed by atoms with Crippen LogP contribution in [-0.2, 0) is 9.53 Å². The van der Waals surface area contributed by atoms with E-state index in [1.54, 1.807) is 7.05 Å². The molecule has 0 fully saturated rings. The molecule has 0 saturated heterocycles. The van der Waals surface area contributed by atoms with Crippen molar-refractivity contribution in [2.24, 2.45) is 0 Å². The highest BCUT2D eigenvalue weighted by Gasteiger charge is 1.90. The number of hydrogen-bond acceptors (Lipinski definition) is 2. The maximum Gasteiger partial charge on any atom is 0.211 e. The second kappa shape index (κ2) is 6.55. The van der Waals surface area contributed by atoms with Gasteiger partial charge in [-0.05, 0) is 6.42 Å². The molecule has 0 aromatic carbocycles. The molecule has 0 atom stereocenters. The number of ether oxygens (including phenoxy) is 1. The van der Waals surface area contributed by atoms with E-state index < -0.39 is 0 Å². The Morgan fingerprint density at radius 2 is 2.30 bits per heavy atom. The summed E-state index contributed by atoms with van der Waals surface area (Å²) in [5.74, 6) is 0. The minimum absolute atomic E-state index is 0.406. The van der Waals surface area contributed by atoms with Crippen LogP contribution in [0.5, 0.6) is 0 Å². The van der Waals surface area contributed by atoms with Crippen LogP contribution in [0.25, 0.3) is 0 Å². The van der Waals surface area contributed by atoms with Gasteiger partial charge in [-0.1, -0.05) is 13.3 Å². The molecule has 10 heavy (non-hydrogen) atoms. The minimum atomic E-state index is 0.406. The number of carbonyl (C=O) groups excluding carboxylic acids is 1. The summed E-state index contributed by atoms with van der Waals surface area (Å²) in [6.45, 7) is 3.25. The molecule has 0 aromatic rings. The predicted molar refractivity (Wildman–Crippen MR) is 39.6 cm³/mol. The molecule has 0 heterocycles. The van der Waals surface area contributed by atoms with E-state index in [0.29, 0.717) is 6.73 Å². The topological polar surface area (TPSA) is 29.5 Å². The van der Waals surface area contributed by atoms with E-state index in [-0.39, 0.29) is 0 Å². The van der Waals surface area contributed by atoms with Crippen molar-refractivity contribution in [3.63, 3.8) is 0 Å². The third-order valence-electron chi connectivity index (χ3n) is 1.12. The maximum absolute atomic E-state index is 10.0. The first-order valence-corrected chi connectivity index (χ1v) is 3.54. The highest BCUT2D eigenvalue weighted by atomic mass is 16.5. The molecule has 0 aliphatic carbocycles. The number of carbonyl (C=O) groups is 1. The van der Waals surface area contributed by atoms with Crippen molar-refractivity contribution in [2.45, 2.75) is 19.8 Å². The summed E-state index contributed by atoms with van der Waals surface area (Å²) >= 11 is 0. The Balaban J connectivity index is 2.95. The average molecular weight is 145 g/mol. The molecule has 0 bridgehead atoms. The van der Waals surface area contributed by atoms with Crippen molar-refractivity contribution in [3.05, 3.63) is 0 Å². The monoisotopic (exact) mass is 145 g/mol. The number of unbranched alkanes of at least 4 members (excludes halogenated alkanes) is 1. The van der Waals surface area contributed by atoms with Gasteiger partial charge in [0.05, 0.1) is 0 Å². The van der Waals surface area contributed by atoms with Gasteiger partial charge in [0.25, 0.3) is 0 Å². The highest BCUT2D eigenvalue weighted by molar-refractivity contribution is 5.45. The van der Waals surface area contributed by atoms with Crippen LogP contribution in [0.4, 0.5) is 0 Å². The SMILES string of the molecule is CCCCOCN(C)C=O. The molecule has 3 heteroatoms. The van der Waals surface area contributed by atoms with Crippen LogP contribution in [0.3, 0.4) is 0 Å². The lowest BCUT2D eigenvalue weighted by atomic mass is 10.4. The maximum atomic E-state index is 10.0. The minimum Gasteiger partial charge on any atom is -0.361 e. The molecule has 1 amide bonds. The molecule has 0 spiro atoms. The lowest BCUT2D eigenvalue weighted by molar-refractivity contribution is -0.121. The van der Waals surface area contributed by atoms with Gasteiger partial charge in [0.1, 0.15) is 6.73 Å². The fourth-order valence-corrected chi connectivity index (χ4v) is 0.485. The van der Waals surface area contributed by atoms with Gasteiger partial charge in [-0.3, -0.25) is 4.79 Å². The summed E-state index contributed by atoms with van der Waals surface area (Å²) in [6.07, 6.45) is 2.95. The van der Waals surface area contributed by atoms with Crippen LogP contribution in [-0.4, -0.2) is 31.7 Å². The van der Waals surface area contributed by atoms with Crippen LogP contribution in [0, 0.1) is 0 Å². The third kappa shape index (κ3) is 5.56. The molecule has 0 aliphatic heterocycles.